The van der Waals surface area contributed by atoms with Gasteiger partial charge in [0.25, 0.3) is 0 Å². The summed E-state index contributed by atoms with van der Waals surface area (Å²) in [5, 5.41) is 6.36. The highest BCUT2D eigenvalue weighted by atomic mass is 15.1. The van der Waals surface area contributed by atoms with Gasteiger partial charge in [-0.2, -0.15) is 0 Å². The van der Waals surface area contributed by atoms with Gasteiger partial charge in [0.15, 0.2) is 0 Å². The van der Waals surface area contributed by atoms with Crippen molar-refractivity contribution >= 4 is 10.8 Å². The molecule has 0 spiro atoms. The number of nitrogens with one attached hydrogen (secondary N) is 1. The molecule has 0 bridgehead atoms. The van der Waals surface area contributed by atoms with Crippen LogP contribution in [0.2, 0.25) is 0 Å². The molecule has 2 aromatic carbocycles. The Bertz CT molecular complexity index is 541. The maximum absolute atomic E-state index is 3.67. The summed E-state index contributed by atoms with van der Waals surface area (Å²) in [6, 6.07) is 15.6. The first-order chi connectivity index (χ1) is 10.3. The first-order valence-corrected chi connectivity index (χ1v) is 8.19. The van der Waals surface area contributed by atoms with Crippen LogP contribution in [-0.2, 0) is 0 Å². The molecule has 2 heteroatoms. The molecule has 1 atom stereocenters. The minimum Gasteiger partial charge on any atom is -0.310 e. The van der Waals surface area contributed by atoms with Crippen LogP contribution in [0.4, 0.5) is 0 Å². The van der Waals surface area contributed by atoms with Crippen molar-refractivity contribution in [3.8, 4) is 0 Å². The van der Waals surface area contributed by atoms with Gasteiger partial charge in [-0.25, -0.2) is 0 Å². The van der Waals surface area contributed by atoms with E-state index >= 15 is 0 Å². The van der Waals surface area contributed by atoms with Gasteiger partial charge >= 0.3 is 0 Å². The predicted molar refractivity (Wildman–Crippen MR) is 92.8 cm³/mol. The van der Waals surface area contributed by atoms with E-state index in [9.17, 15) is 0 Å². The number of rotatable bonds is 8. The maximum atomic E-state index is 3.67. The fourth-order valence-electron chi connectivity index (χ4n) is 2.90. The molecule has 1 unspecified atom stereocenters. The Balaban J connectivity index is 1.92. The van der Waals surface area contributed by atoms with E-state index in [2.05, 4.69) is 73.5 Å². The lowest BCUT2D eigenvalue weighted by atomic mass is 10.00. The van der Waals surface area contributed by atoms with Gasteiger partial charge in [-0.3, -0.25) is 0 Å². The number of hydrogen-bond donors (Lipinski definition) is 1. The van der Waals surface area contributed by atoms with Crippen molar-refractivity contribution in [1.82, 2.24) is 10.2 Å². The zero-order valence-electron chi connectivity index (χ0n) is 13.6. The molecule has 0 heterocycles. The van der Waals surface area contributed by atoms with Gasteiger partial charge in [-0.05, 0) is 55.9 Å². The molecule has 0 aromatic heterocycles. The average Bonchev–Trinajstić information content (AvgIpc) is 2.54. The predicted octanol–water partition coefficient (Wildman–Crippen LogP) is 4.22. The summed E-state index contributed by atoms with van der Waals surface area (Å²) in [7, 11) is 0. The molecule has 0 amide bonds. The maximum Gasteiger partial charge on any atom is 0.0297 e. The molecule has 1 N–H and O–H groups in total. The van der Waals surface area contributed by atoms with Crippen molar-refractivity contribution in [2.45, 2.75) is 33.2 Å². The molecule has 0 saturated carbocycles. The summed E-state index contributed by atoms with van der Waals surface area (Å²) in [5.74, 6) is 0. The Morgan fingerprint density at radius 3 is 2.48 bits per heavy atom. The molecule has 0 fully saturated rings. The van der Waals surface area contributed by atoms with Gasteiger partial charge in [0, 0.05) is 6.04 Å². The Morgan fingerprint density at radius 1 is 1.00 bits per heavy atom. The van der Waals surface area contributed by atoms with E-state index in [4.69, 9.17) is 0 Å². The summed E-state index contributed by atoms with van der Waals surface area (Å²) in [5.41, 5.74) is 1.40. The van der Waals surface area contributed by atoms with Gasteiger partial charge < -0.3 is 10.2 Å². The van der Waals surface area contributed by atoms with Crippen LogP contribution in [0.5, 0.6) is 0 Å². The lowest BCUT2D eigenvalue weighted by molar-refractivity contribution is 0.296. The standard InChI is InChI=1S/C19H28N2/c1-4-21(5-2)15-9-14-20-16(3)18-13-8-11-17-10-6-7-12-19(17)18/h6-8,10-13,16,20H,4-5,9,14-15H2,1-3H3. The Hall–Kier alpha value is -1.38. The summed E-state index contributed by atoms with van der Waals surface area (Å²) in [4.78, 5) is 2.48. The highest BCUT2D eigenvalue weighted by Gasteiger charge is 2.08. The van der Waals surface area contributed by atoms with Crippen molar-refractivity contribution < 1.29 is 0 Å². The third-order valence-electron chi connectivity index (χ3n) is 4.29. The second-order valence-electron chi connectivity index (χ2n) is 5.62. The fraction of sp³-hybridized carbons (Fsp3) is 0.474. The van der Waals surface area contributed by atoms with Gasteiger partial charge in [-0.1, -0.05) is 56.3 Å². The van der Waals surface area contributed by atoms with E-state index < -0.39 is 0 Å². The van der Waals surface area contributed by atoms with E-state index in [0.717, 1.165) is 19.6 Å². The summed E-state index contributed by atoms with van der Waals surface area (Å²) >= 11 is 0. The molecule has 2 aromatic rings. The normalized spacial score (nSPS) is 13.0. The van der Waals surface area contributed by atoms with Gasteiger partial charge in [0.1, 0.15) is 0 Å². The summed E-state index contributed by atoms with van der Waals surface area (Å²) in [6.45, 7) is 11.3. The van der Waals surface area contributed by atoms with E-state index in [0.29, 0.717) is 6.04 Å². The molecule has 21 heavy (non-hydrogen) atoms. The molecule has 0 aliphatic carbocycles. The topological polar surface area (TPSA) is 15.3 Å². The minimum absolute atomic E-state index is 0.396. The largest absolute Gasteiger partial charge is 0.310 e. The van der Waals surface area contributed by atoms with E-state index in [1.54, 1.807) is 0 Å². The second-order valence-corrected chi connectivity index (χ2v) is 5.62. The van der Waals surface area contributed by atoms with E-state index in [1.165, 1.54) is 29.3 Å². The summed E-state index contributed by atoms with van der Waals surface area (Å²) < 4.78 is 0. The van der Waals surface area contributed by atoms with Crippen LogP contribution in [0, 0.1) is 0 Å². The number of hydrogen-bond acceptors (Lipinski definition) is 2. The van der Waals surface area contributed by atoms with Crippen molar-refractivity contribution in [3.63, 3.8) is 0 Å². The first-order valence-electron chi connectivity index (χ1n) is 8.19. The number of nitrogens with zero attached hydrogens (tertiary/aromatic N) is 1. The van der Waals surface area contributed by atoms with Crippen molar-refractivity contribution in [2.75, 3.05) is 26.2 Å². The van der Waals surface area contributed by atoms with Crippen LogP contribution >= 0.6 is 0 Å². The summed E-state index contributed by atoms with van der Waals surface area (Å²) in [6.07, 6.45) is 1.21. The number of fused-ring (bicyclic) bond motifs is 1. The van der Waals surface area contributed by atoms with Crippen LogP contribution < -0.4 is 5.32 Å². The lowest BCUT2D eigenvalue weighted by Gasteiger charge is -2.20. The molecule has 0 aliphatic rings. The Labute approximate surface area is 129 Å². The molecule has 2 nitrogen and oxygen atoms in total. The highest BCUT2D eigenvalue weighted by molar-refractivity contribution is 5.86. The quantitative estimate of drug-likeness (QED) is 0.730. The van der Waals surface area contributed by atoms with Crippen molar-refractivity contribution in [3.05, 3.63) is 48.0 Å². The third kappa shape index (κ3) is 4.29. The van der Waals surface area contributed by atoms with Crippen LogP contribution in [0.1, 0.15) is 38.8 Å². The van der Waals surface area contributed by atoms with Gasteiger partial charge in [0.05, 0.1) is 0 Å². The van der Waals surface area contributed by atoms with E-state index in [1.807, 2.05) is 0 Å². The highest BCUT2D eigenvalue weighted by Crippen LogP contribution is 2.23. The fourth-order valence-corrected chi connectivity index (χ4v) is 2.90. The van der Waals surface area contributed by atoms with Crippen LogP contribution in [0.25, 0.3) is 10.8 Å². The Kier molecular flexibility index (Phi) is 6.21. The second kappa shape index (κ2) is 8.16. The SMILES string of the molecule is CCN(CC)CCCNC(C)c1cccc2ccccc12. The zero-order chi connectivity index (χ0) is 15.1. The van der Waals surface area contributed by atoms with Crippen LogP contribution in [-0.4, -0.2) is 31.1 Å². The molecule has 0 aliphatic heterocycles. The van der Waals surface area contributed by atoms with Crippen LogP contribution in [0.15, 0.2) is 42.5 Å². The van der Waals surface area contributed by atoms with Crippen LogP contribution in [0.3, 0.4) is 0 Å². The molecule has 114 valence electrons. The molecular weight excluding hydrogens is 256 g/mol. The number of benzene rings is 2. The van der Waals surface area contributed by atoms with Crippen molar-refractivity contribution in [1.29, 1.82) is 0 Å². The monoisotopic (exact) mass is 284 g/mol. The van der Waals surface area contributed by atoms with Gasteiger partial charge in [-0.15, -0.1) is 0 Å². The third-order valence-corrected chi connectivity index (χ3v) is 4.29. The molecule has 0 saturated heterocycles. The lowest BCUT2D eigenvalue weighted by Crippen LogP contribution is -2.28. The molecule has 2 rings (SSSR count). The van der Waals surface area contributed by atoms with E-state index in [-0.39, 0.29) is 0 Å². The Morgan fingerprint density at radius 2 is 1.71 bits per heavy atom. The van der Waals surface area contributed by atoms with Gasteiger partial charge in [0.2, 0.25) is 0 Å². The minimum atomic E-state index is 0.396. The first kappa shape index (κ1) is 16.0. The molecular formula is C19H28N2. The average molecular weight is 284 g/mol. The smallest absolute Gasteiger partial charge is 0.0297 e. The molecule has 0 radical (unpaired) electrons. The zero-order valence-corrected chi connectivity index (χ0v) is 13.6. The van der Waals surface area contributed by atoms with Crippen molar-refractivity contribution in [2.24, 2.45) is 0 Å².